The predicted octanol–water partition coefficient (Wildman–Crippen LogP) is 2.40. The van der Waals surface area contributed by atoms with Crippen molar-refractivity contribution in [3.05, 3.63) is 66.5 Å². The Hall–Kier alpha value is -3.07. The lowest BCUT2D eigenvalue weighted by Gasteiger charge is -2.37. The first-order valence-electron chi connectivity index (χ1n) is 11.6. The smallest absolute Gasteiger partial charge is 0.291 e. The van der Waals surface area contributed by atoms with Crippen LogP contribution in [0.3, 0.4) is 0 Å². The second-order valence-electron chi connectivity index (χ2n) is 8.42. The van der Waals surface area contributed by atoms with Crippen molar-refractivity contribution in [2.75, 3.05) is 46.1 Å². The molecule has 0 radical (unpaired) electrons. The summed E-state index contributed by atoms with van der Waals surface area (Å²) in [6.45, 7) is 5.24. The van der Waals surface area contributed by atoms with Crippen LogP contribution in [0.2, 0.25) is 0 Å². The topological polar surface area (TPSA) is 81.5 Å². The fourth-order valence-corrected chi connectivity index (χ4v) is 4.57. The molecule has 0 saturated carbocycles. The fraction of sp³-hybridized carbons (Fsp3) is 0.400. The van der Waals surface area contributed by atoms with Gasteiger partial charge in [0.1, 0.15) is 0 Å². The number of nitrogens with zero attached hydrogens (tertiary/aromatic N) is 4. The number of hydrogen-bond donors (Lipinski definition) is 1. The number of benzene rings is 2. The van der Waals surface area contributed by atoms with Gasteiger partial charge in [-0.15, -0.1) is 5.10 Å². The minimum Gasteiger partial charge on any atom is -0.381 e. The third-order valence-electron chi connectivity index (χ3n) is 6.34. The number of aromatic nitrogens is 3. The van der Waals surface area contributed by atoms with Crippen LogP contribution in [0.1, 0.15) is 17.0 Å². The van der Waals surface area contributed by atoms with Gasteiger partial charge in [-0.2, -0.15) is 0 Å². The zero-order valence-corrected chi connectivity index (χ0v) is 18.6. The first-order chi connectivity index (χ1) is 16.3. The lowest BCUT2D eigenvalue weighted by molar-refractivity contribution is 0.00164. The number of amides is 1. The van der Waals surface area contributed by atoms with E-state index < -0.39 is 0 Å². The highest BCUT2D eigenvalue weighted by Gasteiger charge is 2.32. The highest BCUT2D eigenvalue weighted by molar-refractivity contribution is 5.91. The van der Waals surface area contributed by atoms with Crippen molar-refractivity contribution in [3.8, 4) is 17.1 Å². The molecule has 0 bridgehead atoms. The number of hydrogen-bond acceptors (Lipinski definition) is 6. The van der Waals surface area contributed by atoms with Gasteiger partial charge in [-0.05, 0) is 18.6 Å². The van der Waals surface area contributed by atoms with Crippen molar-refractivity contribution in [2.24, 2.45) is 5.92 Å². The molecule has 172 valence electrons. The summed E-state index contributed by atoms with van der Waals surface area (Å²) in [5.41, 5.74) is 1.76. The maximum atomic E-state index is 13.2. The molecule has 5 rings (SSSR count). The van der Waals surface area contributed by atoms with Crippen LogP contribution in [-0.2, 0) is 9.47 Å². The first-order valence-corrected chi connectivity index (χ1v) is 11.6. The maximum Gasteiger partial charge on any atom is 0.291 e. The average molecular weight is 448 g/mol. The lowest BCUT2D eigenvalue weighted by atomic mass is 9.97. The Labute approximate surface area is 193 Å². The van der Waals surface area contributed by atoms with Crippen molar-refractivity contribution in [2.45, 2.75) is 12.5 Å². The number of rotatable bonds is 7. The van der Waals surface area contributed by atoms with E-state index in [-0.39, 0.29) is 17.8 Å². The molecule has 1 aromatic heterocycles. The van der Waals surface area contributed by atoms with E-state index in [1.165, 1.54) is 0 Å². The zero-order valence-electron chi connectivity index (χ0n) is 18.6. The van der Waals surface area contributed by atoms with Crippen molar-refractivity contribution in [1.82, 2.24) is 25.0 Å². The SMILES string of the molecule is O=C(NCC(C1CCOC1)N1CCOCC1)c1nc(-c2ccccc2)n(-c2ccccc2)n1. The van der Waals surface area contributed by atoms with E-state index in [1.54, 1.807) is 4.68 Å². The van der Waals surface area contributed by atoms with Gasteiger partial charge >= 0.3 is 0 Å². The van der Waals surface area contributed by atoms with Crippen LogP contribution in [0.15, 0.2) is 60.7 Å². The molecule has 2 aromatic carbocycles. The molecule has 1 N–H and O–H groups in total. The molecule has 2 fully saturated rings. The molecule has 3 aromatic rings. The highest BCUT2D eigenvalue weighted by Crippen LogP contribution is 2.23. The van der Waals surface area contributed by atoms with Crippen molar-refractivity contribution >= 4 is 5.91 Å². The minimum atomic E-state index is -0.265. The number of carbonyl (C=O) groups is 1. The van der Waals surface area contributed by atoms with Crippen LogP contribution in [0.4, 0.5) is 0 Å². The summed E-state index contributed by atoms with van der Waals surface area (Å²) < 4.78 is 12.9. The molecule has 2 unspecified atom stereocenters. The van der Waals surface area contributed by atoms with Crippen molar-refractivity contribution in [3.63, 3.8) is 0 Å². The number of carbonyl (C=O) groups excluding carboxylic acids is 1. The second-order valence-corrected chi connectivity index (χ2v) is 8.42. The number of para-hydroxylation sites is 1. The Morgan fingerprint density at radius 3 is 2.42 bits per heavy atom. The van der Waals surface area contributed by atoms with Crippen LogP contribution in [-0.4, -0.2) is 77.7 Å². The van der Waals surface area contributed by atoms with Gasteiger partial charge in [0, 0.05) is 43.8 Å². The molecule has 0 spiro atoms. The Morgan fingerprint density at radius 2 is 1.73 bits per heavy atom. The summed E-state index contributed by atoms with van der Waals surface area (Å²) in [5, 5.41) is 7.68. The summed E-state index contributed by atoms with van der Waals surface area (Å²) >= 11 is 0. The molecule has 2 aliphatic heterocycles. The first kappa shape index (κ1) is 21.8. The summed E-state index contributed by atoms with van der Waals surface area (Å²) in [7, 11) is 0. The molecule has 2 aliphatic rings. The van der Waals surface area contributed by atoms with E-state index in [4.69, 9.17) is 9.47 Å². The normalized spacial score (nSPS) is 19.9. The lowest BCUT2D eigenvalue weighted by Crippen LogP contribution is -2.52. The Bertz CT molecular complexity index is 987. The summed E-state index contributed by atoms with van der Waals surface area (Å²) in [6.07, 6.45) is 1.01. The predicted molar refractivity (Wildman–Crippen MR) is 124 cm³/mol. The van der Waals surface area contributed by atoms with Crippen LogP contribution in [0.5, 0.6) is 0 Å². The molecule has 33 heavy (non-hydrogen) atoms. The molecular weight excluding hydrogens is 418 g/mol. The maximum absolute atomic E-state index is 13.2. The van der Waals surface area contributed by atoms with E-state index in [9.17, 15) is 4.79 Å². The van der Waals surface area contributed by atoms with Gasteiger partial charge in [0.25, 0.3) is 5.91 Å². The van der Waals surface area contributed by atoms with Gasteiger partial charge in [0.05, 0.1) is 25.5 Å². The summed E-state index contributed by atoms with van der Waals surface area (Å²) in [4.78, 5) is 20.2. The van der Waals surface area contributed by atoms with Crippen molar-refractivity contribution in [1.29, 1.82) is 0 Å². The van der Waals surface area contributed by atoms with Crippen LogP contribution < -0.4 is 5.32 Å². The summed E-state index contributed by atoms with van der Waals surface area (Å²) in [6, 6.07) is 19.8. The quantitative estimate of drug-likeness (QED) is 0.599. The molecule has 1 amide bonds. The standard InChI is InChI=1S/C25H29N5O3/c31-25(26-17-22(20-11-14-33-18-20)29-12-15-32-16-13-29)23-27-24(19-7-3-1-4-8-19)30(28-23)21-9-5-2-6-10-21/h1-10,20,22H,11-18H2,(H,26,31). The van der Waals surface area contributed by atoms with Crippen molar-refractivity contribution < 1.29 is 14.3 Å². The monoisotopic (exact) mass is 447 g/mol. The number of ether oxygens (including phenoxy) is 2. The third-order valence-corrected chi connectivity index (χ3v) is 6.34. The minimum absolute atomic E-state index is 0.168. The largest absolute Gasteiger partial charge is 0.381 e. The van der Waals surface area contributed by atoms with E-state index in [2.05, 4.69) is 20.3 Å². The van der Waals surface area contributed by atoms with E-state index in [1.807, 2.05) is 60.7 Å². The average Bonchev–Trinajstić information content (AvgIpc) is 3.57. The van der Waals surface area contributed by atoms with E-state index >= 15 is 0 Å². The zero-order chi connectivity index (χ0) is 22.5. The van der Waals surface area contributed by atoms with Gasteiger partial charge in [0.15, 0.2) is 5.82 Å². The molecule has 8 heteroatoms. The molecule has 3 heterocycles. The highest BCUT2D eigenvalue weighted by atomic mass is 16.5. The summed E-state index contributed by atoms with van der Waals surface area (Å²) in [5.74, 6) is 0.944. The second kappa shape index (κ2) is 10.2. The number of morpholine rings is 1. The van der Waals surface area contributed by atoms with Gasteiger partial charge in [0.2, 0.25) is 5.82 Å². The van der Waals surface area contributed by atoms with Gasteiger partial charge < -0.3 is 14.8 Å². The number of nitrogens with one attached hydrogen (secondary N) is 1. The Balaban J connectivity index is 1.37. The van der Waals surface area contributed by atoms with Gasteiger partial charge in [-0.25, -0.2) is 9.67 Å². The van der Waals surface area contributed by atoms with Crippen LogP contribution >= 0.6 is 0 Å². The van der Waals surface area contributed by atoms with E-state index in [0.717, 1.165) is 57.2 Å². The van der Waals surface area contributed by atoms with E-state index in [0.29, 0.717) is 18.3 Å². The Morgan fingerprint density at radius 1 is 1.00 bits per heavy atom. The van der Waals surface area contributed by atoms with Gasteiger partial charge in [-0.3, -0.25) is 9.69 Å². The van der Waals surface area contributed by atoms with Crippen LogP contribution in [0, 0.1) is 5.92 Å². The molecule has 0 aliphatic carbocycles. The van der Waals surface area contributed by atoms with Gasteiger partial charge in [-0.1, -0.05) is 48.5 Å². The molecule has 8 nitrogen and oxygen atoms in total. The third kappa shape index (κ3) is 4.98. The Kier molecular flexibility index (Phi) is 6.76. The molecular formula is C25H29N5O3. The molecule has 2 atom stereocenters. The van der Waals surface area contributed by atoms with Crippen LogP contribution in [0.25, 0.3) is 17.1 Å². The molecule has 2 saturated heterocycles. The fourth-order valence-electron chi connectivity index (χ4n) is 4.57.